The molecule has 2 aliphatic carbocycles. The first-order valence-corrected chi connectivity index (χ1v) is 8.72. The molecule has 1 aromatic heterocycles. The molecule has 130 valence electrons. The summed E-state index contributed by atoms with van der Waals surface area (Å²) in [4.78, 5) is 23.2. The third-order valence-electron chi connectivity index (χ3n) is 5.68. The zero-order chi connectivity index (χ0) is 16.7. The smallest absolute Gasteiger partial charge is 0.407 e. The van der Waals surface area contributed by atoms with Crippen molar-refractivity contribution >= 4 is 23.7 Å². The number of rotatable bonds is 3. The summed E-state index contributed by atoms with van der Waals surface area (Å²) in [7, 11) is 0. The summed E-state index contributed by atoms with van der Waals surface area (Å²) in [5, 5.41) is 12.6. The number of hydrogen-bond donors (Lipinski definition) is 3. The van der Waals surface area contributed by atoms with Crippen LogP contribution in [0.4, 0.5) is 22.4 Å². The fourth-order valence-corrected chi connectivity index (χ4v) is 4.43. The van der Waals surface area contributed by atoms with Crippen LogP contribution < -0.4 is 16.0 Å². The minimum absolute atomic E-state index is 0.263. The van der Waals surface area contributed by atoms with E-state index in [1.807, 2.05) is 6.07 Å². The van der Waals surface area contributed by atoms with E-state index in [2.05, 4.69) is 20.2 Å². The molecule has 8 nitrogen and oxygen atoms in total. The number of anilines is 3. The molecular weight excluding hydrogens is 308 g/mol. The first kappa shape index (κ1) is 15.3. The normalized spacial score (nSPS) is 29.1. The first-order valence-electron chi connectivity index (χ1n) is 8.72. The van der Waals surface area contributed by atoms with Gasteiger partial charge in [0.2, 0.25) is 5.95 Å². The fraction of sp³-hybridized carbons (Fsp3) is 0.688. The van der Waals surface area contributed by atoms with E-state index in [0.717, 1.165) is 23.5 Å². The summed E-state index contributed by atoms with van der Waals surface area (Å²) < 4.78 is 0. The maximum absolute atomic E-state index is 11.0. The molecule has 1 amide bonds. The molecule has 3 atom stereocenters. The van der Waals surface area contributed by atoms with Gasteiger partial charge in [-0.3, -0.25) is 0 Å². The minimum Gasteiger partial charge on any atom is -0.465 e. The van der Waals surface area contributed by atoms with Crippen LogP contribution in [-0.4, -0.2) is 58.3 Å². The number of nitrogens with one attached hydrogen (secondary N) is 1. The standard InChI is InChI=1S/C16H24N6O2/c17-15-19-13(18-12-8-10-1-2-11(12)7-10)9-14(20-15)21-3-5-22(6-4-21)16(23)24/h9-12H,1-8H2,(H,23,24)(H3,17,18,19,20)/t10-,11+,12+/m0/s1. The Morgan fingerprint density at radius 2 is 2.00 bits per heavy atom. The van der Waals surface area contributed by atoms with E-state index >= 15 is 0 Å². The van der Waals surface area contributed by atoms with Gasteiger partial charge in [-0.25, -0.2) is 4.79 Å². The van der Waals surface area contributed by atoms with Gasteiger partial charge in [0.25, 0.3) is 0 Å². The third kappa shape index (κ3) is 2.92. The molecule has 4 rings (SSSR count). The van der Waals surface area contributed by atoms with Gasteiger partial charge in [0.15, 0.2) is 0 Å². The Labute approximate surface area is 141 Å². The molecule has 0 spiro atoms. The summed E-state index contributed by atoms with van der Waals surface area (Å²) in [6.07, 6.45) is 4.37. The zero-order valence-electron chi connectivity index (χ0n) is 13.7. The second-order valence-corrected chi connectivity index (χ2v) is 7.15. The van der Waals surface area contributed by atoms with Crippen LogP contribution in [-0.2, 0) is 0 Å². The lowest BCUT2D eigenvalue weighted by atomic mass is 9.95. The predicted octanol–water partition coefficient (Wildman–Crippen LogP) is 1.46. The molecule has 4 N–H and O–H groups in total. The molecule has 2 heterocycles. The van der Waals surface area contributed by atoms with E-state index in [4.69, 9.17) is 10.8 Å². The molecule has 1 aliphatic heterocycles. The van der Waals surface area contributed by atoms with Crippen LogP contribution in [0.1, 0.15) is 25.7 Å². The van der Waals surface area contributed by atoms with Crippen molar-refractivity contribution in [3.63, 3.8) is 0 Å². The highest BCUT2D eigenvalue weighted by atomic mass is 16.4. The quantitative estimate of drug-likeness (QED) is 0.769. The number of carbonyl (C=O) groups is 1. The maximum atomic E-state index is 11.0. The Morgan fingerprint density at radius 3 is 2.62 bits per heavy atom. The second-order valence-electron chi connectivity index (χ2n) is 7.15. The van der Waals surface area contributed by atoms with Crippen molar-refractivity contribution in [2.24, 2.45) is 11.8 Å². The van der Waals surface area contributed by atoms with Crippen molar-refractivity contribution in [1.82, 2.24) is 14.9 Å². The van der Waals surface area contributed by atoms with Crippen LogP contribution in [0, 0.1) is 11.8 Å². The fourth-order valence-electron chi connectivity index (χ4n) is 4.43. The van der Waals surface area contributed by atoms with E-state index in [-0.39, 0.29) is 5.95 Å². The Hall–Kier alpha value is -2.25. The van der Waals surface area contributed by atoms with Gasteiger partial charge in [-0.1, -0.05) is 6.42 Å². The van der Waals surface area contributed by atoms with Crippen molar-refractivity contribution in [2.45, 2.75) is 31.7 Å². The molecule has 3 aliphatic rings. The minimum atomic E-state index is -0.865. The van der Waals surface area contributed by atoms with Crippen LogP contribution in [0.15, 0.2) is 6.07 Å². The zero-order valence-corrected chi connectivity index (χ0v) is 13.7. The monoisotopic (exact) mass is 332 g/mol. The Morgan fingerprint density at radius 1 is 1.21 bits per heavy atom. The molecule has 2 bridgehead atoms. The number of nitrogens with two attached hydrogens (primary N) is 1. The van der Waals surface area contributed by atoms with E-state index in [9.17, 15) is 4.79 Å². The average molecular weight is 332 g/mol. The van der Waals surface area contributed by atoms with E-state index in [1.165, 1.54) is 30.6 Å². The highest BCUT2D eigenvalue weighted by Gasteiger charge is 2.39. The van der Waals surface area contributed by atoms with Crippen molar-refractivity contribution in [1.29, 1.82) is 0 Å². The van der Waals surface area contributed by atoms with Crippen molar-refractivity contribution in [3.8, 4) is 0 Å². The van der Waals surface area contributed by atoms with Gasteiger partial charge in [-0.2, -0.15) is 9.97 Å². The highest BCUT2D eigenvalue weighted by Crippen LogP contribution is 2.45. The Bertz CT molecular complexity index is 631. The van der Waals surface area contributed by atoms with Gasteiger partial charge < -0.3 is 26.0 Å². The van der Waals surface area contributed by atoms with Crippen LogP contribution in [0.2, 0.25) is 0 Å². The molecule has 0 radical (unpaired) electrons. The summed E-state index contributed by atoms with van der Waals surface area (Å²) >= 11 is 0. The summed E-state index contributed by atoms with van der Waals surface area (Å²) in [6.45, 7) is 2.20. The number of nitrogens with zero attached hydrogens (tertiary/aromatic N) is 4. The van der Waals surface area contributed by atoms with Crippen molar-refractivity contribution in [3.05, 3.63) is 6.07 Å². The molecular formula is C16H24N6O2. The summed E-state index contributed by atoms with van der Waals surface area (Å²) in [5.74, 6) is 3.46. The largest absolute Gasteiger partial charge is 0.465 e. The molecule has 0 aromatic carbocycles. The van der Waals surface area contributed by atoms with Gasteiger partial charge in [-0.05, 0) is 31.1 Å². The van der Waals surface area contributed by atoms with Crippen molar-refractivity contribution < 1.29 is 9.90 Å². The highest BCUT2D eigenvalue weighted by molar-refractivity contribution is 5.65. The number of amides is 1. The van der Waals surface area contributed by atoms with E-state index < -0.39 is 6.09 Å². The molecule has 8 heteroatoms. The topological polar surface area (TPSA) is 108 Å². The van der Waals surface area contributed by atoms with Gasteiger partial charge in [0.05, 0.1) is 0 Å². The number of nitrogen functional groups attached to an aromatic ring is 1. The predicted molar refractivity (Wildman–Crippen MR) is 91.1 cm³/mol. The van der Waals surface area contributed by atoms with Crippen LogP contribution in [0.3, 0.4) is 0 Å². The number of aromatic nitrogens is 2. The molecule has 0 unspecified atom stereocenters. The maximum Gasteiger partial charge on any atom is 0.407 e. The molecule has 24 heavy (non-hydrogen) atoms. The van der Waals surface area contributed by atoms with Crippen LogP contribution in [0.5, 0.6) is 0 Å². The lowest BCUT2D eigenvalue weighted by Crippen LogP contribution is -2.48. The van der Waals surface area contributed by atoms with Gasteiger partial charge in [0.1, 0.15) is 11.6 Å². The van der Waals surface area contributed by atoms with Crippen LogP contribution in [0.25, 0.3) is 0 Å². The molecule has 2 saturated carbocycles. The van der Waals surface area contributed by atoms with Gasteiger partial charge in [-0.15, -0.1) is 0 Å². The number of hydrogen-bond acceptors (Lipinski definition) is 6. The lowest BCUT2D eigenvalue weighted by Gasteiger charge is -2.34. The molecule has 1 saturated heterocycles. The van der Waals surface area contributed by atoms with Gasteiger partial charge >= 0.3 is 6.09 Å². The number of fused-ring (bicyclic) bond motifs is 2. The van der Waals surface area contributed by atoms with Crippen molar-refractivity contribution in [2.75, 3.05) is 42.1 Å². The molecule has 3 fully saturated rings. The summed E-state index contributed by atoms with van der Waals surface area (Å²) in [6, 6.07) is 2.44. The van der Waals surface area contributed by atoms with E-state index in [0.29, 0.717) is 32.2 Å². The van der Waals surface area contributed by atoms with Gasteiger partial charge in [0, 0.05) is 38.3 Å². The Kier molecular flexibility index (Phi) is 3.82. The lowest BCUT2D eigenvalue weighted by molar-refractivity contribution is 0.142. The Balaban J connectivity index is 1.45. The first-order chi connectivity index (χ1) is 11.6. The average Bonchev–Trinajstić information content (AvgIpc) is 3.17. The SMILES string of the molecule is Nc1nc(N[C@@H]2C[C@H]3CC[C@@H]2C3)cc(N2CCN(C(=O)O)CC2)n1. The van der Waals surface area contributed by atoms with E-state index in [1.54, 1.807) is 0 Å². The number of piperazine rings is 1. The second kappa shape index (κ2) is 5.99. The van der Waals surface area contributed by atoms with Crippen LogP contribution >= 0.6 is 0 Å². The molecule has 1 aromatic rings. The summed E-state index contributed by atoms with van der Waals surface area (Å²) in [5.41, 5.74) is 5.90. The number of carboxylic acid groups (broad SMARTS) is 1. The third-order valence-corrected chi connectivity index (χ3v) is 5.68.